The second kappa shape index (κ2) is 11.8. The fourth-order valence-corrected chi connectivity index (χ4v) is 3.76. The van der Waals surface area contributed by atoms with Gasteiger partial charge in [-0.1, -0.05) is 42.5 Å². The summed E-state index contributed by atoms with van der Waals surface area (Å²) < 4.78 is 0. The summed E-state index contributed by atoms with van der Waals surface area (Å²) in [6.45, 7) is 4.78. The highest BCUT2D eigenvalue weighted by Gasteiger charge is 2.25. The Kier molecular flexibility index (Phi) is 9.51. The van der Waals surface area contributed by atoms with E-state index in [-0.39, 0.29) is 34.6 Å². The lowest BCUT2D eigenvalue weighted by Crippen LogP contribution is -2.51. The largest absolute Gasteiger partial charge is 0.354 e. The molecule has 30 heavy (non-hydrogen) atoms. The van der Waals surface area contributed by atoms with Crippen molar-refractivity contribution in [1.82, 2.24) is 15.5 Å². The van der Waals surface area contributed by atoms with Crippen LogP contribution in [0.5, 0.6) is 0 Å². The highest BCUT2D eigenvalue weighted by atomic mass is 127. The Bertz CT molecular complexity index is 846. The number of nitrogens with zero attached hydrogens (tertiary/aromatic N) is 3. The second-order valence-electron chi connectivity index (χ2n) is 7.52. The maximum absolute atomic E-state index is 10.9. The van der Waals surface area contributed by atoms with Gasteiger partial charge in [0, 0.05) is 50.9 Å². The third-order valence-corrected chi connectivity index (χ3v) is 5.39. The molecule has 1 heterocycles. The minimum absolute atomic E-state index is 0. The molecule has 0 aromatic heterocycles. The van der Waals surface area contributed by atoms with E-state index >= 15 is 0 Å². The Morgan fingerprint density at radius 3 is 2.60 bits per heavy atom. The Labute approximate surface area is 195 Å². The molecule has 0 bridgehead atoms. The lowest BCUT2D eigenvalue weighted by atomic mass is 9.97. The SMILES string of the molecule is CN=C(NCc1cccc([N+](=O)[O-])c1)NC1CCN(Cc2ccccc2)C(C)C1.I. The number of halogens is 1. The number of hydrogen-bond acceptors (Lipinski definition) is 4. The Balaban J connectivity index is 0.00000320. The van der Waals surface area contributed by atoms with Gasteiger partial charge in [-0.15, -0.1) is 24.0 Å². The molecule has 0 spiro atoms. The van der Waals surface area contributed by atoms with Gasteiger partial charge in [-0.05, 0) is 30.9 Å². The van der Waals surface area contributed by atoms with Crippen LogP contribution in [0, 0.1) is 10.1 Å². The maximum Gasteiger partial charge on any atom is 0.269 e. The fraction of sp³-hybridized carbons (Fsp3) is 0.409. The molecule has 2 N–H and O–H groups in total. The lowest BCUT2D eigenvalue weighted by Gasteiger charge is -2.38. The molecule has 2 aromatic carbocycles. The highest BCUT2D eigenvalue weighted by molar-refractivity contribution is 14.0. The number of benzene rings is 2. The average molecular weight is 523 g/mol. The molecule has 2 unspecified atom stereocenters. The monoisotopic (exact) mass is 523 g/mol. The van der Waals surface area contributed by atoms with Crippen molar-refractivity contribution in [3.05, 3.63) is 75.8 Å². The molecular formula is C22H30IN5O2. The summed E-state index contributed by atoms with van der Waals surface area (Å²) >= 11 is 0. The molecule has 1 aliphatic heterocycles. The minimum Gasteiger partial charge on any atom is -0.354 e. The van der Waals surface area contributed by atoms with Crippen molar-refractivity contribution < 1.29 is 4.92 Å². The standard InChI is InChI=1S/C22H29N5O2.HI/c1-17-13-20(11-12-26(17)16-18-7-4-3-5-8-18)25-22(23-2)24-15-19-9-6-10-21(14-19)27(28)29;/h3-10,14,17,20H,11-13,15-16H2,1-2H3,(H2,23,24,25);1H. The van der Waals surface area contributed by atoms with Crippen molar-refractivity contribution in [1.29, 1.82) is 0 Å². The summed E-state index contributed by atoms with van der Waals surface area (Å²) in [7, 11) is 1.75. The topological polar surface area (TPSA) is 82.8 Å². The van der Waals surface area contributed by atoms with Crippen LogP contribution in [0.3, 0.4) is 0 Å². The van der Waals surface area contributed by atoms with E-state index in [2.05, 4.69) is 57.8 Å². The zero-order valence-electron chi connectivity index (χ0n) is 17.5. The van der Waals surface area contributed by atoms with Crippen molar-refractivity contribution in [2.24, 2.45) is 4.99 Å². The summed E-state index contributed by atoms with van der Waals surface area (Å²) in [5, 5.41) is 17.7. The number of aliphatic imine (C=N–C) groups is 1. The normalized spacial score (nSPS) is 19.6. The molecule has 162 valence electrons. The number of guanidine groups is 1. The van der Waals surface area contributed by atoms with E-state index in [1.54, 1.807) is 19.2 Å². The van der Waals surface area contributed by atoms with Crippen LogP contribution in [0.25, 0.3) is 0 Å². The van der Waals surface area contributed by atoms with Gasteiger partial charge in [-0.3, -0.25) is 20.0 Å². The molecule has 1 fully saturated rings. The molecular weight excluding hydrogens is 493 g/mol. The van der Waals surface area contributed by atoms with Gasteiger partial charge < -0.3 is 10.6 Å². The number of piperidine rings is 1. The number of nitro groups is 1. The predicted molar refractivity (Wildman–Crippen MR) is 131 cm³/mol. The smallest absolute Gasteiger partial charge is 0.269 e. The lowest BCUT2D eigenvalue weighted by molar-refractivity contribution is -0.384. The van der Waals surface area contributed by atoms with Crippen LogP contribution < -0.4 is 10.6 Å². The van der Waals surface area contributed by atoms with Crippen LogP contribution in [-0.4, -0.2) is 41.5 Å². The summed E-state index contributed by atoms with van der Waals surface area (Å²) in [5.74, 6) is 0.727. The molecule has 1 saturated heterocycles. The van der Waals surface area contributed by atoms with Crippen LogP contribution in [0.15, 0.2) is 59.6 Å². The van der Waals surface area contributed by atoms with Gasteiger partial charge >= 0.3 is 0 Å². The Hall–Kier alpha value is -2.20. The summed E-state index contributed by atoms with van der Waals surface area (Å²) in [5.41, 5.74) is 2.31. The van der Waals surface area contributed by atoms with Gasteiger partial charge in [0.05, 0.1) is 4.92 Å². The molecule has 8 heteroatoms. The van der Waals surface area contributed by atoms with Crippen molar-refractivity contribution in [3.63, 3.8) is 0 Å². The summed E-state index contributed by atoms with van der Waals surface area (Å²) in [4.78, 5) is 17.4. The molecule has 2 aromatic rings. The first-order chi connectivity index (χ1) is 14.0. The molecule has 0 amide bonds. The molecule has 1 aliphatic rings. The zero-order valence-corrected chi connectivity index (χ0v) is 19.8. The molecule has 0 radical (unpaired) electrons. The van der Waals surface area contributed by atoms with E-state index in [1.165, 1.54) is 11.6 Å². The highest BCUT2D eigenvalue weighted by Crippen LogP contribution is 2.20. The van der Waals surface area contributed by atoms with Gasteiger partial charge in [-0.2, -0.15) is 0 Å². The van der Waals surface area contributed by atoms with Crippen LogP contribution in [0.1, 0.15) is 30.9 Å². The number of nitro benzene ring substituents is 1. The van der Waals surface area contributed by atoms with Crippen LogP contribution >= 0.6 is 24.0 Å². The molecule has 0 saturated carbocycles. The van der Waals surface area contributed by atoms with E-state index in [1.807, 2.05) is 6.07 Å². The summed E-state index contributed by atoms with van der Waals surface area (Å²) in [6.07, 6.45) is 2.10. The Morgan fingerprint density at radius 2 is 1.93 bits per heavy atom. The van der Waals surface area contributed by atoms with Crippen LogP contribution in [-0.2, 0) is 13.1 Å². The first-order valence-corrected chi connectivity index (χ1v) is 10.0. The third-order valence-electron chi connectivity index (χ3n) is 5.39. The van der Waals surface area contributed by atoms with Gasteiger partial charge in [0.2, 0.25) is 0 Å². The van der Waals surface area contributed by atoms with Crippen molar-refractivity contribution in [2.75, 3.05) is 13.6 Å². The van der Waals surface area contributed by atoms with Gasteiger partial charge in [0.1, 0.15) is 0 Å². The quantitative estimate of drug-likeness (QED) is 0.197. The van der Waals surface area contributed by atoms with E-state index in [9.17, 15) is 10.1 Å². The Morgan fingerprint density at radius 1 is 1.20 bits per heavy atom. The maximum atomic E-state index is 10.9. The summed E-state index contributed by atoms with van der Waals surface area (Å²) in [6, 6.07) is 18.1. The number of rotatable bonds is 6. The number of likely N-dealkylation sites (tertiary alicyclic amines) is 1. The van der Waals surface area contributed by atoms with Gasteiger partial charge in [0.15, 0.2) is 5.96 Å². The van der Waals surface area contributed by atoms with Gasteiger partial charge in [-0.25, -0.2) is 0 Å². The molecule has 3 rings (SSSR count). The van der Waals surface area contributed by atoms with E-state index in [4.69, 9.17) is 0 Å². The van der Waals surface area contributed by atoms with Crippen LogP contribution in [0.2, 0.25) is 0 Å². The van der Waals surface area contributed by atoms with Gasteiger partial charge in [0.25, 0.3) is 5.69 Å². The fourth-order valence-electron chi connectivity index (χ4n) is 3.76. The molecule has 0 aliphatic carbocycles. The zero-order chi connectivity index (χ0) is 20.6. The van der Waals surface area contributed by atoms with Crippen molar-refractivity contribution in [2.45, 2.75) is 44.9 Å². The molecule has 7 nitrogen and oxygen atoms in total. The number of non-ortho nitro benzene ring substituents is 1. The van der Waals surface area contributed by atoms with Crippen molar-refractivity contribution in [3.8, 4) is 0 Å². The second-order valence-corrected chi connectivity index (χ2v) is 7.52. The first-order valence-electron chi connectivity index (χ1n) is 10.0. The third kappa shape index (κ3) is 6.94. The average Bonchev–Trinajstić information content (AvgIpc) is 2.74. The van der Waals surface area contributed by atoms with E-state index < -0.39 is 0 Å². The van der Waals surface area contributed by atoms with E-state index in [0.717, 1.165) is 37.5 Å². The van der Waals surface area contributed by atoms with Crippen molar-refractivity contribution >= 4 is 35.6 Å². The first kappa shape index (κ1) is 24.1. The molecule has 2 atom stereocenters. The predicted octanol–water partition coefficient (Wildman–Crippen LogP) is 3.93. The van der Waals surface area contributed by atoms with Crippen LogP contribution in [0.4, 0.5) is 5.69 Å². The van der Waals surface area contributed by atoms with E-state index in [0.29, 0.717) is 18.6 Å². The minimum atomic E-state index is -0.374. The number of nitrogens with one attached hydrogen (secondary N) is 2. The number of hydrogen-bond donors (Lipinski definition) is 2.